The van der Waals surface area contributed by atoms with Gasteiger partial charge in [0.05, 0.1) is 0 Å². The van der Waals surface area contributed by atoms with Crippen LogP contribution in [0.5, 0.6) is 0 Å². The summed E-state index contributed by atoms with van der Waals surface area (Å²) in [6.45, 7) is -8.50. The van der Waals surface area contributed by atoms with Gasteiger partial charge in [0.1, 0.15) is 0 Å². The lowest BCUT2D eigenvalue weighted by atomic mass is 11.8. The zero-order valence-electron chi connectivity index (χ0n) is 7.54. The molecule has 0 aliphatic carbocycles. The zero-order valence-corrected chi connectivity index (χ0v) is 11.9. The smallest absolute Gasteiger partial charge is 0.324 e. The van der Waals surface area contributed by atoms with Gasteiger partial charge in [-0.3, -0.25) is 4.52 Å². The SMILES string of the molecule is COP(=O)(O)OP(O)(=S)OP(=O)(O)SC. The van der Waals surface area contributed by atoms with Gasteiger partial charge in [-0.2, -0.15) is 0 Å². The molecule has 0 aromatic heterocycles. The first-order valence-corrected chi connectivity index (χ1v) is 10.6. The summed E-state index contributed by atoms with van der Waals surface area (Å²) in [5.74, 6) is 0. The van der Waals surface area contributed by atoms with E-state index in [-0.39, 0.29) is 0 Å². The molecule has 92 valence electrons. The Morgan fingerprint density at radius 1 is 1.20 bits per heavy atom. The number of hydrogen-bond donors (Lipinski definition) is 3. The summed E-state index contributed by atoms with van der Waals surface area (Å²) in [5.41, 5.74) is 0. The first-order chi connectivity index (χ1) is 6.54. The van der Waals surface area contributed by atoms with Crippen LogP contribution in [0, 0.1) is 0 Å². The topological polar surface area (TPSA) is 123 Å². The molecule has 3 atom stereocenters. The van der Waals surface area contributed by atoms with Crippen LogP contribution < -0.4 is 0 Å². The predicted octanol–water partition coefficient (Wildman–Crippen LogP) is 1.45. The van der Waals surface area contributed by atoms with Crippen LogP contribution in [0.15, 0.2) is 0 Å². The maximum absolute atomic E-state index is 11.0. The Balaban J connectivity index is 4.66. The molecule has 15 heavy (non-hydrogen) atoms. The Bertz CT molecular complexity index is 324. The molecule has 0 aromatic carbocycles. The van der Waals surface area contributed by atoms with Crippen molar-refractivity contribution in [2.24, 2.45) is 0 Å². The molecule has 3 unspecified atom stereocenters. The van der Waals surface area contributed by atoms with Crippen molar-refractivity contribution in [2.75, 3.05) is 13.4 Å². The fourth-order valence-electron chi connectivity index (χ4n) is 0.342. The highest BCUT2D eigenvalue weighted by molar-refractivity contribution is 8.55. The molecule has 0 amide bonds. The lowest BCUT2D eigenvalue weighted by Crippen LogP contribution is -1.92. The summed E-state index contributed by atoms with van der Waals surface area (Å²) in [6, 6.07) is 0. The second kappa shape index (κ2) is 5.71. The van der Waals surface area contributed by atoms with Gasteiger partial charge in [0, 0.05) is 7.11 Å². The van der Waals surface area contributed by atoms with E-state index < -0.39 is 21.3 Å². The highest BCUT2D eigenvalue weighted by Gasteiger charge is 2.36. The molecule has 0 rings (SSSR count). The monoisotopic (exact) mass is 318 g/mol. The van der Waals surface area contributed by atoms with Crippen molar-refractivity contribution in [1.29, 1.82) is 0 Å². The third-order valence-corrected chi connectivity index (χ3v) is 8.28. The van der Waals surface area contributed by atoms with Gasteiger partial charge >= 0.3 is 21.3 Å². The van der Waals surface area contributed by atoms with Crippen LogP contribution in [-0.2, 0) is 34.1 Å². The van der Waals surface area contributed by atoms with Crippen LogP contribution in [0.4, 0.5) is 0 Å². The molecule has 0 aromatic rings. The highest BCUT2D eigenvalue weighted by atomic mass is 32.7. The van der Waals surface area contributed by atoms with E-state index in [4.69, 9.17) is 9.79 Å². The normalized spacial score (nSPS) is 23.8. The second-order valence-corrected chi connectivity index (χ2v) is 10.6. The van der Waals surface area contributed by atoms with Gasteiger partial charge in [0.15, 0.2) is 0 Å². The van der Waals surface area contributed by atoms with Crippen LogP contribution in [0.3, 0.4) is 0 Å². The van der Waals surface area contributed by atoms with Crippen molar-refractivity contribution >= 4 is 44.5 Å². The van der Waals surface area contributed by atoms with Crippen LogP contribution in [0.1, 0.15) is 0 Å². The van der Waals surface area contributed by atoms with Crippen molar-refractivity contribution in [1.82, 2.24) is 0 Å². The molecule has 0 saturated carbocycles. The van der Waals surface area contributed by atoms with Crippen molar-refractivity contribution in [3.63, 3.8) is 0 Å². The summed E-state index contributed by atoms with van der Waals surface area (Å²) < 4.78 is 33.9. The van der Waals surface area contributed by atoms with E-state index in [9.17, 15) is 14.0 Å². The largest absolute Gasteiger partial charge is 0.479 e. The van der Waals surface area contributed by atoms with Gasteiger partial charge in [-0.1, -0.05) is 0 Å². The van der Waals surface area contributed by atoms with E-state index in [0.717, 1.165) is 7.11 Å². The average molecular weight is 318 g/mol. The van der Waals surface area contributed by atoms with Crippen molar-refractivity contribution in [2.45, 2.75) is 0 Å². The van der Waals surface area contributed by atoms with Gasteiger partial charge in [0.2, 0.25) is 0 Å². The Labute approximate surface area is 95.1 Å². The van der Waals surface area contributed by atoms with Gasteiger partial charge < -0.3 is 14.7 Å². The third-order valence-electron chi connectivity index (χ3n) is 0.874. The molecule has 0 spiro atoms. The average Bonchev–Trinajstić information content (AvgIpc) is 2.00. The zero-order chi connectivity index (χ0) is 12.3. The minimum atomic E-state index is -4.56. The summed E-state index contributed by atoms with van der Waals surface area (Å²) in [7, 11) is -3.73. The Morgan fingerprint density at radius 3 is 2.00 bits per heavy atom. The van der Waals surface area contributed by atoms with Crippen LogP contribution in [0.2, 0.25) is 0 Å². The first kappa shape index (κ1) is 16.2. The maximum atomic E-state index is 11.0. The van der Waals surface area contributed by atoms with Crippen molar-refractivity contribution in [3.8, 4) is 0 Å². The number of phosphoric acid groups is 1. The molecular formula is C2H9O8P3S2. The molecule has 3 N–H and O–H groups in total. The molecule has 0 saturated heterocycles. The Hall–Kier alpha value is 1.22. The third kappa shape index (κ3) is 7.20. The van der Waals surface area contributed by atoms with Gasteiger partial charge in [-0.05, 0) is 29.4 Å². The first-order valence-electron chi connectivity index (χ1n) is 3.06. The fraction of sp³-hybridized carbons (Fsp3) is 1.00. The van der Waals surface area contributed by atoms with E-state index in [1.807, 2.05) is 0 Å². The second-order valence-electron chi connectivity index (χ2n) is 1.93. The lowest BCUT2D eigenvalue weighted by Gasteiger charge is -2.19. The molecule has 0 aliphatic heterocycles. The quantitative estimate of drug-likeness (QED) is 0.620. The molecular weight excluding hydrogens is 309 g/mol. The standard InChI is InChI=1S/C2H9O8P3S2/c1-8-11(3,4)9-13(7,14)10-12(5,6)15-2/h1-2H3,(H,3,4)(H,5,6)(H,7,14). The number of phosphoric ester groups is 1. The maximum Gasteiger partial charge on any atom is 0.479 e. The Kier molecular flexibility index (Phi) is 6.17. The van der Waals surface area contributed by atoms with Gasteiger partial charge in [0.25, 0.3) is 0 Å². The summed E-state index contributed by atoms with van der Waals surface area (Å²) in [5, 5.41) is 0. The fourth-order valence-corrected chi connectivity index (χ4v) is 6.71. The van der Waals surface area contributed by atoms with Gasteiger partial charge in [-0.15, -0.1) is 0 Å². The van der Waals surface area contributed by atoms with Crippen LogP contribution in [0.25, 0.3) is 0 Å². The number of hydrogen-bond acceptors (Lipinski definition) is 7. The van der Waals surface area contributed by atoms with Crippen LogP contribution in [-0.4, -0.2) is 28.0 Å². The van der Waals surface area contributed by atoms with E-state index in [1.54, 1.807) is 0 Å². The lowest BCUT2D eigenvalue weighted by molar-refractivity contribution is 0.228. The number of rotatable bonds is 6. The van der Waals surface area contributed by atoms with Crippen LogP contribution >= 0.6 is 32.7 Å². The summed E-state index contributed by atoms with van der Waals surface area (Å²) >= 11 is 4.62. The highest BCUT2D eigenvalue weighted by Crippen LogP contribution is 2.70. The van der Waals surface area contributed by atoms with E-state index in [1.165, 1.54) is 6.26 Å². The van der Waals surface area contributed by atoms with E-state index in [0.29, 0.717) is 11.4 Å². The van der Waals surface area contributed by atoms with E-state index >= 15 is 0 Å². The molecule has 0 fully saturated rings. The molecule has 0 heterocycles. The Morgan fingerprint density at radius 2 is 1.67 bits per heavy atom. The summed E-state index contributed by atoms with van der Waals surface area (Å²) in [6.07, 6.45) is 1.23. The van der Waals surface area contributed by atoms with Crippen molar-refractivity contribution < 1.29 is 37.0 Å². The van der Waals surface area contributed by atoms with E-state index in [2.05, 4.69) is 25.0 Å². The summed E-state index contributed by atoms with van der Waals surface area (Å²) in [4.78, 5) is 26.9. The molecule has 0 aliphatic rings. The minimum absolute atomic E-state index is 0.385. The van der Waals surface area contributed by atoms with Gasteiger partial charge in [-0.25, -0.2) is 17.8 Å². The molecule has 0 bridgehead atoms. The van der Waals surface area contributed by atoms with Crippen molar-refractivity contribution in [3.05, 3.63) is 0 Å². The molecule has 8 nitrogen and oxygen atoms in total. The molecule has 13 heteroatoms. The molecule has 0 radical (unpaired) electrons. The minimum Gasteiger partial charge on any atom is -0.324 e. The predicted molar refractivity (Wildman–Crippen MR) is 58.8 cm³/mol.